The first-order valence-electron chi connectivity index (χ1n) is 12.5. The Morgan fingerprint density at radius 2 is 1.76 bits per heavy atom. The van der Waals surface area contributed by atoms with Crippen LogP contribution in [0.2, 0.25) is 0 Å². The number of nitrogens with one attached hydrogen (secondary N) is 2. The summed E-state index contributed by atoms with van der Waals surface area (Å²) in [6, 6.07) is 17.9. The molecule has 0 aromatic heterocycles. The number of urea groups is 1. The third-order valence-electron chi connectivity index (χ3n) is 6.71. The van der Waals surface area contributed by atoms with Crippen molar-refractivity contribution in [3.63, 3.8) is 0 Å². The van der Waals surface area contributed by atoms with Gasteiger partial charge < -0.3 is 10.1 Å². The molecule has 0 saturated heterocycles. The first kappa shape index (κ1) is 30.2. The van der Waals surface area contributed by atoms with E-state index in [4.69, 9.17) is 10.1 Å². The minimum Gasteiger partial charge on any atom is -0.466 e. The van der Waals surface area contributed by atoms with Crippen LogP contribution in [0.5, 0.6) is 0 Å². The second-order valence-electron chi connectivity index (χ2n) is 9.21. The number of ether oxygens (including phenoxy) is 1. The van der Waals surface area contributed by atoms with E-state index in [1.54, 1.807) is 23.9 Å². The number of methoxy groups -OCH3 is 1. The van der Waals surface area contributed by atoms with Gasteiger partial charge in [-0.1, -0.05) is 30.3 Å². The standard InChI is InChI=1S/C30H26F3N5O3S/c1-18-25(27(39)41-2)26(21-11-7-19(16-34)8-12-21)38(29(40)36-17-20-9-13-24(42-3)14-10-20)28(35)37(18)23-6-4-5-22(15-23)30(31,32)33/h4-15,26,35H,17H2,1-3H3,(H,36,40)/t26-/m1/s1. The maximum atomic E-state index is 13.8. The predicted octanol–water partition coefficient (Wildman–Crippen LogP) is 6.45. The van der Waals surface area contributed by atoms with E-state index >= 15 is 0 Å². The number of esters is 1. The fourth-order valence-electron chi connectivity index (χ4n) is 4.62. The number of alkyl halides is 3. The average molecular weight is 594 g/mol. The number of amides is 2. The second kappa shape index (κ2) is 12.4. The van der Waals surface area contributed by atoms with Gasteiger partial charge in [0, 0.05) is 22.8 Å². The van der Waals surface area contributed by atoms with E-state index < -0.39 is 35.7 Å². The number of guanidine groups is 1. The summed E-state index contributed by atoms with van der Waals surface area (Å²) in [7, 11) is 1.15. The number of anilines is 1. The largest absolute Gasteiger partial charge is 0.466 e. The molecule has 0 bridgehead atoms. The Kier molecular flexibility index (Phi) is 8.92. The van der Waals surface area contributed by atoms with Gasteiger partial charge in [0.25, 0.3) is 0 Å². The first-order chi connectivity index (χ1) is 20.0. The summed E-state index contributed by atoms with van der Waals surface area (Å²) in [5.74, 6) is -1.32. The highest BCUT2D eigenvalue weighted by atomic mass is 32.2. The van der Waals surface area contributed by atoms with Crippen LogP contribution in [0.25, 0.3) is 0 Å². The van der Waals surface area contributed by atoms with Gasteiger partial charge in [-0.15, -0.1) is 11.8 Å². The lowest BCUT2D eigenvalue weighted by Gasteiger charge is -2.43. The van der Waals surface area contributed by atoms with Crippen LogP contribution in [0, 0.1) is 16.7 Å². The minimum absolute atomic E-state index is 0.0601. The number of nitriles is 1. The van der Waals surface area contributed by atoms with Gasteiger partial charge in [-0.05, 0) is 66.8 Å². The van der Waals surface area contributed by atoms with E-state index in [0.29, 0.717) is 11.1 Å². The molecule has 1 aliphatic heterocycles. The lowest BCUT2D eigenvalue weighted by molar-refractivity contribution is -0.138. The van der Waals surface area contributed by atoms with Crippen LogP contribution in [-0.4, -0.2) is 36.2 Å². The zero-order valence-electron chi connectivity index (χ0n) is 22.8. The van der Waals surface area contributed by atoms with Gasteiger partial charge in [-0.25, -0.2) is 9.59 Å². The molecule has 0 fully saturated rings. The molecule has 12 heteroatoms. The summed E-state index contributed by atoms with van der Waals surface area (Å²) in [4.78, 5) is 30.2. The van der Waals surface area contributed by atoms with E-state index in [2.05, 4.69) is 5.32 Å². The number of hydrogen-bond acceptors (Lipinski definition) is 6. The van der Waals surface area contributed by atoms with E-state index in [1.165, 1.54) is 31.2 Å². The number of halogens is 3. The van der Waals surface area contributed by atoms with E-state index in [0.717, 1.165) is 39.5 Å². The number of hydrogen-bond donors (Lipinski definition) is 2. The fourth-order valence-corrected chi connectivity index (χ4v) is 5.03. The van der Waals surface area contributed by atoms with Crippen molar-refractivity contribution >= 4 is 35.4 Å². The van der Waals surface area contributed by atoms with Crippen molar-refractivity contribution in [2.45, 2.75) is 30.6 Å². The molecule has 0 aliphatic carbocycles. The molecule has 1 aliphatic rings. The van der Waals surface area contributed by atoms with E-state index in [9.17, 15) is 28.0 Å². The smallest absolute Gasteiger partial charge is 0.416 e. The molecule has 0 unspecified atom stereocenters. The van der Waals surface area contributed by atoms with Crippen LogP contribution in [0.1, 0.15) is 35.2 Å². The quantitative estimate of drug-likeness (QED) is 0.251. The highest BCUT2D eigenvalue weighted by Crippen LogP contribution is 2.41. The number of carbonyl (C=O) groups excluding carboxylic acids is 2. The van der Waals surface area contributed by atoms with Crippen molar-refractivity contribution in [3.05, 3.63) is 106 Å². The summed E-state index contributed by atoms with van der Waals surface area (Å²) >= 11 is 1.56. The zero-order valence-corrected chi connectivity index (χ0v) is 23.6. The lowest BCUT2D eigenvalue weighted by Crippen LogP contribution is -2.56. The molecule has 1 atom stereocenters. The molecule has 2 amide bonds. The Morgan fingerprint density at radius 1 is 1.10 bits per heavy atom. The summed E-state index contributed by atoms with van der Waals surface area (Å²) in [5, 5.41) is 21.1. The maximum absolute atomic E-state index is 13.8. The number of rotatable bonds is 6. The van der Waals surface area contributed by atoms with E-state index in [-0.39, 0.29) is 23.5 Å². The third kappa shape index (κ3) is 6.11. The average Bonchev–Trinajstić information content (AvgIpc) is 2.99. The monoisotopic (exact) mass is 593 g/mol. The SMILES string of the molecule is COC(=O)C1=C(C)N(c2cccc(C(F)(F)F)c2)C(=N)N(C(=O)NCc2ccc(SC)cc2)[C@@H]1c1ccc(C#N)cc1. The van der Waals surface area contributed by atoms with Crippen LogP contribution in [-0.2, 0) is 22.3 Å². The lowest BCUT2D eigenvalue weighted by atomic mass is 9.92. The van der Waals surface area contributed by atoms with Gasteiger partial charge >= 0.3 is 18.2 Å². The van der Waals surface area contributed by atoms with Crippen LogP contribution in [0.4, 0.5) is 23.7 Å². The van der Waals surface area contributed by atoms with Crippen molar-refractivity contribution in [1.82, 2.24) is 10.2 Å². The van der Waals surface area contributed by atoms with Crippen molar-refractivity contribution in [1.29, 1.82) is 10.7 Å². The molecule has 3 aromatic rings. The molecule has 3 aromatic carbocycles. The number of thioether (sulfide) groups is 1. The van der Waals surface area contributed by atoms with Gasteiger partial charge in [-0.3, -0.25) is 15.2 Å². The summed E-state index contributed by atoms with van der Waals surface area (Å²) in [6.07, 6.45) is -2.72. The van der Waals surface area contributed by atoms with Gasteiger partial charge in [0.2, 0.25) is 5.96 Å². The highest BCUT2D eigenvalue weighted by Gasteiger charge is 2.44. The molecule has 42 heavy (non-hydrogen) atoms. The molecule has 0 saturated carbocycles. The van der Waals surface area contributed by atoms with Crippen molar-refractivity contribution in [3.8, 4) is 6.07 Å². The molecular weight excluding hydrogens is 567 g/mol. The Balaban J connectivity index is 1.85. The van der Waals surface area contributed by atoms with Crippen LogP contribution < -0.4 is 10.2 Å². The van der Waals surface area contributed by atoms with Crippen molar-refractivity contribution in [2.24, 2.45) is 0 Å². The minimum atomic E-state index is -4.66. The predicted molar refractivity (Wildman–Crippen MR) is 153 cm³/mol. The molecule has 0 radical (unpaired) electrons. The highest BCUT2D eigenvalue weighted by molar-refractivity contribution is 7.98. The van der Waals surface area contributed by atoms with Crippen molar-refractivity contribution in [2.75, 3.05) is 18.3 Å². The molecule has 4 rings (SSSR count). The second-order valence-corrected chi connectivity index (χ2v) is 10.1. The van der Waals surface area contributed by atoms with Crippen LogP contribution in [0.15, 0.2) is 89.0 Å². The Hall–Kier alpha value is -4.76. The molecule has 2 N–H and O–H groups in total. The molecule has 1 heterocycles. The van der Waals surface area contributed by atoms with Gasteiger partial charge in [0.1, 0.15) is 6.04 Å². The topological polar surface area (TPSA) is 110 Å². The molecule has 0 spiro atoms. The number of allylic oxidation sites excluding steroid dienone is 1. The summed E-state index contributed by atoms with van der Waals surface area (Å²) in [6.45, 7) is 1.55. The van der Waals surface area contributed by atoms with Gasteiger partial charge in [-0.2, -0.15) is 18.4 Å². The zero-order chi connectivity index (χ0) is 30.6. The van der Waals surface area contributed by atoms with E-state index in [1.807, 2.05) is 36.6 Å². The summed E-state index contributed by atoms with van der Waals surface area (Å²) in [5.41, 5.74) is 0.514. The van der Waals surface area contributed by atoms with Crippen molar-refractivity contribution < 1.29 is 27.5 Å². The first-order valence-corrected chi connectivity index (χ1v) is 13.8. The normalized spacial score (nSPS) is 15.4. The number of carbonyl (C=O) groups is 2. The Morgan fingerprint density at radius 3 is 2.33 bits per heavy atom. The Bertz CT molecular complexity index is 1580. The Labute approximate surface area is 244 Å². The summed E-state index contributed by atoms with van der Waals surface area (Å²) < 4.78 is 45.8. The van der Waals surface area contributed by atoms with Crippen LogP contribution >= 0.6 is 11.8 Å². The maximum Gasteiger partial charge on any atom is 0.416 e. The fraction of sp³-hybridized carbons (Fsp3) is 0.200. The molecular formula is C30H26F3N5O3S. The number of benzene rings is 3. The molecule has 8 nitrogen and oxygen atoms in total. The molecule has 216 valence electrons. The van der Waals surface area contributed by atoms with Gasteiger partial charge in [0.05, 0.1) is 29.9 Å². The van der Waals surface area contributed by atoms with Gasteiger partial charge in [0.15, 0.2) is 0 Å². The van der Waals surface area contributed by atoms with Crippen LogP contribution in [0.3, 0.4) is 0 Å². The third-order valence-corrected chi connectivity index (χ3v) is 7.45. The number of nitrogens with zero attached hydrogens (tertiary/aromatic N) is 3.